The number of aromatic nitrogens is 3. The Morgan fingerprint density at radius 1 is 1.46 bits per heavy atom. The van der Waals surface area contributed by atoms with E-state index in [1.807, 2.05) is 11.5 Å². The van der Waals surface area contributed by atoms with Crippen LogP contribution in [0.3, 0.4) is 0 Å². The van der Waals surface area contributed by atoms with Crippen molar-refractivity contribution in [2.24, 2.45) is 0 Å². The van der Waals surface area contributed by atoms with Crippen LogP contribution in [0, 0.1) is 10.1 Å². The summed E-state index contributed by atoms with van der Waals surface area (Å²) in [5.41, 5.74) is 0.289. The molecule has 1 N–H and O–H groups in total. The average Bonchev–Trinajstić information content (AvgIpc) is 3.39. The molecule has 0 radical (unpaired) electrons. The van der Waals surface area contributed by atoms with Gasteiger partial charge in [0.25, 0.3) is 5.69 Å². The highest BCUT2D eigenvalue weighted by atomic mass is 32.2. The molecule has 0 bridgehead atoms. The van der Waals surface area contributed by atoms with Crippen LogP contribution in [0.25, 0.3) is 0 Å². The number of methoxy groups -OCH3 is 1. The lowest BCUT2D eigenvalue weighted by molar-refractivity contribution is -0.384. The second-order valence-corrected chi connectivity index (χ2v) is 6.78. The lowest BCUT2D eigenvalue weighted by Crippen LogP contribution is -2.15. The normalized spacial score (nSPS) is 13.5. The first-order valence-corrected chi connectivity index (χ1v) is 9.20. The third kappa shape index (κ3) is 3.96. The van der Waals surface area contributed by atoms with Crippen LogP contribution in [0.15, 0.2) is 23.4 Å². The molecule has 0 aliphatic heterocycles. The molecule has 3 rings (SSSR count). The van der Waals surface area contributed by atoms with Crippen molar-refractivity contribution < 1.29 is 14.5 Å². The summed E-state index contributed by atoms with van der Waals surface area (Å²) >= 11 is 1.31. The van der Waals surface area contributed by atoms with Crippen molar-refractivity contribution in [2.45, 2.75) is 37.4 Å². The van der Waals surface area contributed by atoms with Crippen LogP contribution < -0.4 is 10.1 Å². The van der Waals surface area contributed by atoms with Crippen molar-refractivity contribution in [1.82, 2.24) is 14.8 Å². The number of nitrogens with zero attached hydrogens (tertiary/aromatic N) is 4. The van der Waals surface area contributed by atoms with Gasteiger partial charge in [0, 0.05) is 18.5 Å². The number of hydrogen-bond acceptors (Lipinski definition) is 7. The van der Waals surface area contributed by atoms with Crippen molar-refractivity contribution in [3.8, 4) is 5.75 Å². The number of carbonyl (C=O) groups is 1. The van der Waals surface area contributed by atoms with Crippen LogP contribution >= 0.6 is 11.8 Å². The molecule has 1 aliphatic rings. The molecule has 26 heavy (non-hydrogen) atoms. The average molecular weight is 377 g/mol. The predicted octanol–water partition coefficient (Wildman–Crippen LogP) is 2.82. The van der Waals surface area contributed by atoms with E-state index in [4.69, 9.17) is 4.74 Å². The smallest absolute Gasteiger partial charge is 0.273 e. The number of carbonyl (C=O) groups excluding carboxylic acids is 1. The Labute approximate surface area is 154 Å². The molecule has 2 aromatic rings. The monoisotopic (exact) mass is 377 g/mol. The molecule has 0 saturated heterocycles. The van der Waals surface area contributed by atoms with E-state index in [9.17, 15) is 14.9 Å². The Hall–Kier alpha value is -2.62. The maximum atomic E-state index is 12.2. The van der Waals surface area contributed by atoms with Crippen molar-refractivity contribution in [3.05, 3.63) is 34.1 Å². The second kappa shape index (κ2) is 7.73. The Morgan fingerprint density at radius 2 is 2.23 bits per heavy atom. The minimum Gasteiger partial charge on any atom is -0.494 e. The SMILES string of the molecule is CCn1c(SCC(=O)Nc2ccc([N+](=O)[O-])cc2OC)nnc1C1CC1. The molecule has 0 spiro atoms. The van der Waals surface area contributed by atoms with Crippen molar-refractivity contribution >= 4 is 29.0 Å². The zero-order chi connectivity index (χ0) is 18.7. The molecule has 10 heteroatoms. The summed E-state index contributed by atoms with van der Waals surface area (Å²) in [4.78, 5) is 22.6. The molecule has 0 unspecified atom stereocenters. The third-order valence-corrected chi connectivity index (χ3v) is 4.97. The fourth-order valence-corrected chi connectivity index (χ4v) is 3.37. The van der Waals surface area contributed by atoms with Gasteiger partial charge >= 0.3 is 0 Å². The number of nitrogens with one attached hydrogen (secondary N) is 1. The fourth-order valence-electron chi connectivity index (χ4n) is 2.56. The lowest BCUT2D eigenvalue weighted by Gasteiger charge is -2.10. The predicted molar refractivity (Wildman–Crippen MR) is 96.7 cm³/mol. The molecule has 1 fully saturated rings. The summed E-state index contributed by atoms with van der Waals surface area (Å²) in [6.45, 7) is 2.79. The van der Waals surface area contributed by atoms with E-state index in [2.05, 4.69) is 15.5 Å². The minimum atomic E-state index is -0.515. The highest BCUT2D eigenvalue weighted by molar-refractivity contribution is 7.99. The lowest BCUT2D eigenvalue weighted by atomic mass is 10.2. The standard InChI is InChI=1S/C16H19N5O4S/c1-3-20-15(10-4-5-10)18-19-16(20)26-9-14(22)17-12-7-6-11(21(23)24)8-13(12)25-2/h6-8,10H,3-5,9H2,1-2H3,(H,17,22). The Balaban J connectivity index is 1.63. The molecule has 138 valence electrons. The van der Waals surface area contributed by atoms with E-state index < -0.39 is 4.92 Å². The van der Waals surface area contributed by atoms with Gasteiger partial charge in [0.2, 0.25) is 5.91 Å². The van der Waals surface area contributed by atoms with Crippen LogP contribution in [0.5, 0.6) is 5.75 Å². The molecule has 1 heterocycles. The van der Waals surface area contributed by atoms with Crippen LogP contribution in [0.4, 0.5) is 11.4 Å². The van der Waals surface area contributed by atoms with Gasteiger partial charge in [-0.25, -0.2) is 0 Å². The second-order valence-electron chi connectivity index (χ2n) is 5.84. The summed E-state index contributed by atoms with van der Waals surface area (Å²) in [6, 6.07) is 4.05. The Morgan fingerprint density at radius 3 is 2.85 bits per heavy atom. The van der Waals surface area contributed by atoms with Crippen LogP contribution in [-0.2, 0) is 11.3 Å². The van der Waals surface area contributed by atoms with Gasteiger partial charge in [-0.3, -0.25) is 14.9 Å². The summed E-state index contributed by atoms with van der Waals surface area (Å²) < 4.78 is 7.16. The summed E-state index contributed by atoms with van der Waals surface area (Å²) in [5.74, 6) is 1.64. The van der Waals surface area contributed by atoms with E-state index >= 15 is 0 Å². The number of benzene rings is 1. The van der Waals surface area contributed by atoms with E-state index in [0.29, 0.717) is 11.6 Å². The van der Waals surface area contributed by atoms with Crippen molar-refractivity contribution in [2.75, 3.05) is 18.2 Å². The van der Waals surface area contributed by atoms with Gasteiger partial charge in [0.15, 0.2) is 5.16 Å². The summed E-state index contributed by atoms with van der Waals surface area (Å²) in [7, 11) is 1.40. The van der Waals surface area contributed by atoms with E-state index in [1.165, 1.54) is 37.1 Å². The number of thioether (sulfide) groups is 1. The zero-order valence-corrected chi connectivity index (χ0v) is 15.3. The molecule has 1 amide bonds. The largest absolute Gasteiger partial charge is 0.494 e. The van der Waals surface area contributed by atoms with Gasteiger partial charge in [-0.2, -0.15) is 0 Å². The van der Waals surface area contributed by atoms with Crippen LogP contribution in [0.2, 0.25) is 0 Å². The topological polar surface area (TPSA) is 112 Å². The number of amides is 1. The van der Waals surface area contributed by atoms with Gasteiger partial charge in [0.1, 0.15) is 11.6 Å². The first kappa shape index (κ1) is 18.2. The first-order chi connectivity index (χ1) is 12.5. The number of hydrogen-bond donors (Lipinski definition) is 1. The van der Waals surface area contributed by atoms with Gasteiger partial charge in [-0.05, 0) is 25.8 Å². The third-order valence-electron chi connectivity index (χ3n) is 4.01. The number of rotatable bonds is 8. The van der Waals surface area contributed by atoms with Crippen LogP contribution in [0.1, 0.15) is 31.5 Å². The Bertz CT molecular complexity index is 834. The molecular weight excluding hydrogens is 358 g/mol. The molecule has 1 aliphatic carbocycles. The fraction of sp³-hybridized carbons (Fsp3) is 0.438. The first-order valence-electron chi connectivity index (χ1n) is 8.21. The van der Waals surface area contributed by atoms with Gasteiger partial charge in [-0.15, -0.1) is 10.2 Å². The van der Waals surface area contributed by atoms with Crippen molar-refractivity contribution in [1.29, 1.82) is 0 Å². The maximum Gasteiger partial charge on any atom is 0.273 e. The van der Waals surface area contributed by atoms with E-state index in [0.717, 1.165) is 30.4 Å². The quantitative estimate of drug-likeness (QED) is 0.427. The number of ether oxygens (including phenoxy) is 1. The molecular formula is C16H19N5O4S. The van der Waals surface area contributed by atoms with Crippen molar-refractivity contribution in [3.63, 3.8) is 0 Å². The number of anilines is 1. The summed E-state index contributed by atoms with van der Waals surface area (Å²) in [6.07, 6.45) is 2.28. The highest BCUT2D eigenvalue weighted by Gasteiger charge is 2.30. The van der Waals surface area contributed by atoms with Gasteiger partial charge in [-0.1, -0.05) is 11.8 Å². The maximum absolute atomic E-state index is 12.2. The number of non-ortho nitro benzene ring substituents is 1. The zero-order valence-electron chi connectivity index (χ0n) is 14.5. The number of nitro groups is 1. The highest BCUT2D eigenvalue weighted by Crippen LogP contribution is 2.40. The summed E-state index contributed by atoms with van der Waals surface area (Å²) in [5, 5.41) is 22.7. The van der Waals surface area contributed by atoms with Gasteiger partial charge in [0.05, 0.1) is 29.5 Å². The van der Waals surface area contributed by atoms with E-state index in [1.54, 1.807) is 0 Å². The minimum absolute atomic E-state index is 0.0992. The Kier molecular flexibility index (Phi) is 5.40. The van der Waals surface area contributed by atoms with Crippen LogP contribution in [-0.4, -0.2) is 38.5 Å². The molecule has 1 saturated carbocycles. The molecule has 1 aromatic heterocycles. The molecule has 0 atom stereocenters. The van der Waals surface area contributed by atoms with E-state index in [-0.39, 0.29) is 23.1 Å². The number of nitro benzene ring substituents is 1. The molecule has 9 nitrogen and oxygen atoms in total. The van der Waals surface area contributed by atoms with Gasteiger partial charge < -0.3 is 14.6 Å². The molecule has 1 aromatic carbocycles.